The number of phenols is 1. The third-order valence-corrected chi connectivity index (χ3v) is 5.25. The van der Waals surface area contributed by atoms with Crippen molar-refractivity contribution < 1.29 is 9.90 Å². The highest BCUT2D eigenvalue weighted by Crippen LogP contribution is 2.25. The van der Waals surface area contributed by atoms with Crippen molar-refractivity contribution in [3.63, 3.8) is 0 Å². The van der Waals surface area contributed by atoms with Crippen molar-refractivity contribution in [3.05, 3.63) is 60.4 Å². The van der Waals surface area contributed by atoms with Gasteiger partial charge in [0.25, 0.3) is 0 Å². The molecule has 1 saturated heterocycles. The Bertz CT molecular complexity index is 1020. The number of imidazole rings is 1. The number of phenolic OH excluding ortho intramolecular Hbond substituents is 1. The Morgan fingerprint density at radius 1 is 1.20 bits per heavy atom. The quantitative estimate of drug-likeness (QED) is 0.673. The van der Waals surface area contributed by atoms with E-state index in [1.807, 2.05) is 28.8 Å². The summed E-state index contributed by atoms with van der Waals surface area (Å²) in [5.41, 5.74) is 8.74. The molecule has 6 nitrogen and oxygen atoms in total. The molecule has 1 aromatic heterocycles. The van der Waals surface area contributed by atoms with Gasteiger partial charge in [0.1, 0.15) is 11.6 Å². The number of carbonyl (C=O) groups excluding carboxylic acids is 1. The van der Waals surface area contributed by atoms with Crippen LogP contribution in [0.25, 0.3) is 22.8 Å². The number of carbonyl (C=O) groups is 1. The van der Waals surface area contributed by atoms with Gasteiger partial charge in [-0.15, -0.1) is 0 Å². The second kappa shape index (κ2) is 10.1. The molecule has 2 aromatic carbocycles. The molecule has 1 fully saturated rings. The average Bonchev–Trinajstić information content (AvgIpc) is 3.10. The molecule has 0 radical (unpaired) electrons. The minimum Gasteiger partial charge on any atom is -0.508 e. The summed E-state index contributed by atoms with van der Waals surface area (Å²) in [4.78, 5) is 18.1. The number of aromatic hydroxyl groups is 1. The van der Waals surface area contributed by atoms with Crippen molar-refractivity contribution in [1.29, 1.82) is 0 Å². The number of aromatic nitrogens is 2. The predicted molar refractivity (Wildman–Crippen MR) is 122 cm³/mol. The van der Waals surface area contributed by atoms with Crippen LogP contribution in [-0.2, 0) is 11.2 Å². The lowest BCUT2D eigenvalue weighted by Crippen LogP contribution is -2.24. The van der Waals surface area contributed by atoms with E-state index in [-0.39, 0.29) is 18.1 Å². The maximum Gasteiger partial charge on any atom is 0.217 e. The fraction of sp³-hybridized carbons (Fsp3) is 0.333. The predicted octanol–water partition coefficient (Wildman–Crippen LogP) is 3.89. The minimum atomic E-state index is -0.369. The molecule has 1 aliphatic heterocycles. The second-order valence-electron chi connectivity index (χ2n) is 7.67. The van der Waals surface area contributed by atoms with Crippen LogP contribution in [0.4, 0.5) is 0 Å². The molecule has 1 amide bonds. The summed E-state index contributed by atoms with van der Waals surface area (Å²) >= 11 is 0. The summed E-state index contributed by atoms with van der Waals surface area (Å²) in [5, 5.41) is 9.75. The van der Waals surface area contributed by atoms with E-state index in [2.05, 4.69) is 23.5 Å². The molecule has 3 aromatic rings. The Labute approximate surface area is 177 Å². The number of hydrogen-bond acceptors (Lipinski definition) is 4. The smallest absolute Gasteiger partial charge is 0.217 e. The van der Waals surface area contributed by atoms with Gasteiger partial charge in [-0.25, -0.2) is 4.98 Å². The van der Waals surface area contributed by atoms with Gasteiger partial charge in [0.2, 0.25) is 5.91 Å². The summed E-state index contributed by atoms with van der Waals surface area (Å²) in [6.07, 6.45) is 6.69. The van der Waals surface area contributed by atoms with E-state index in [1.54, 1.807) is 24.3 Å². The fourth-order valence-corrected chi connectivity index (χ4v) is 3.65. The van der Waals surface area contributed by atoms with Crippen LogP contribution >= 0.6 is 0 Å². The normalized spacial score (nSPS) is 14.2. The lowest BCUT2D eigenvalue weighted by molar-refractivity contribution is -0.118. The Hall–Kier alpha value is -3.12. The van der Waals surface area contributed by atoms with Gasteiger partial charge < -0.3 is 15.7 Å². The van der Waals surface area contributed by atoms with Crippen LogP contribution in [0, 0.1) is 0 Å². The highest BCUT2D eigenvalue weighted by atomic mass is 16.3. The molecule has 0 atom stereocenters. The van der Waals surface area contributed by atoms with Gasteiger partial charge in [-0.1, -0.05) is 31.2 Å². The van der Waals surface area contributed by atoms with Crippen molar-refractivity contribution in [2.75, 3.05) is 20.1 Å². The molecule has 158 valence electrons. The first-order chi connectivity index (χ1) is 14.5. The van der Waals surface area contributed by atoms with E-state index in [9.17, 15) is 9.90 Å². The highest BCUT2D eigenvalue weighted by molar-refractivity contribution is 5.81. The standard InChI is InChI=1S/C18H17N3O2.C6H13N/c1-2-12-6-7-16-15(10-12)20-18(9-8-17(19)23)21(16)13-4-3-5-14(22)11-13;1-7-5-3-2-4-6-7/h2-7,10-11,22H,1,8-9H2,(H2,19,23);2-6H2,1H3. The van der Waals surface area contributed by atoms with Crippen molar-refractivity contribution >= 4 is 23.0 Å². The third kappa shape index (κ3) is 5.48. The van der Waals surface area contributed by atoms with E-state index < -0.39 is 0 Å². The number of amides is 1. The zero-order valence-corrected chi connectivity index (χ0v) is 17.6. The van der Waals surface area contributed by atoms with Gasteiger partial charge in [0, 0.05) is 18.9 Å². The SMILES string of the molecule is C=Cc1ccc2c(c1)nc(CCC(N)=O)n2-c1cccc(O)c1.CN1CCCCC1. The molecule has 0 aliphatic carbocycles. The zero-order valence-electron chi connectivity index (χ0n) is 17.6. The molecule has 0 bridgehead atoms. The number of primary amides is 1. The van der Waals surface area contributed by atoms with Gasteiger partial charge in [-0.3, -0.25) is 9.36 Å². The molecule has 0 saturated carbocycles. The summed E-state index contributed by atoms with van der Waals surface area (Å²) < 4.78 is 1.94. The first-order valence-corrected chi connectivity index (χ1v) is 10.4. The number of rotatable bonds is 5. The van der Waals surface area contributed by atoms with Crippen molar-refractivity contribution in [1.82, 2.24) is 14.5 Å². The number of piperidine rings is 1. The van der Waals surface area contributed by atoms with E-state index in [0.717, 1.165) is 28.1 Å². The van der Waals surface area contributed by atoms with E-state index in [1.165, 1.54) is 32.4 Å². The maximum absolute atomic E-state index is 11.1. The molecule has 6 heteroatoms. The van der Waals surface area contributed by atoms with Gasteiger partial charge >= 0.3 is 0 Å². The van der Waals surface area contributed by atoms with Crippen LogP contribution < -0.4 is 5.73 Å². The average molecular weight is 407 g/mol. The van der Waals surface area contributed by atoms with E-state index in [4.69, 9.17) is 5.73 Å². The monoisotopic (exact) mass is 406 g/mol. The van der Waals surface area contributed by atoms with Crippen molar-refractivity contribution in [2.45, 2.75) is 32.1 Å². The molecular weight excluding hydrogens is 376 g/mol. The molecule has 4 rings (SSSR count). The van der Waals surface area contributed by atoms with Gasteiger partial charge in [0.05, 0.1) is 16.7 Å². The Balaban J connectivity index is 0.000000310. The molecule has 3 N–H and O–H groups in total. The summed E-state index contributed by atoms with van der Waals surface area (Å²) in [6, 6.07) is 12.8. The number of fused-ring (bicyclic) bond motifs is 1. The van der Waals surface area contributed by atoms with E-state index in [0.29, 0.717) is 6.42 Å². The first kappa shape index (κ1) is 21.6. The van der Waals surface area contributed by atoms with Crippen LogP contribution in [0.15, 0.2) is 49.0 Å². The van der Waals surface area contributed by atoms with Crippen molar-refractivity contribution in [2.24, 2.45) is 5.73 Å². The van der Waals surface area contributed by atoms with Crippen LogP contribution in [-0.4, -0.2) is 45.6 Å². The molecule has 1 aliphatic rings. The lowest BCUT2D eigenvalue weighted by atomic mass is 10.1. The van der Waals surface area contributed by atoms with Gasteiger partial charge in [0.15, 0.2) is 0 Å². The van der Waals surface area contributed by atoms with E-state index >= 15 is 0 Å². The number of likely N-dealkylation sites (tertiary alicyclic amines) is 1. The molecule has 0 spiro atoms. The number of nitrogens with two attached hydrogens (primary N) is 1. The Kier molecular flexibility index (Phi) is 7.25. The van der Waals surface area contributed by atoms with Crippen LogP contribution in [0.2, 0.25) is 0 Å². The van der Waals surface area contributed by atoms with Crippen LogP contribution in [0.3, 0.4) is 0 Å². The molecule has 2 heterocycles. The number of aryl methyl sites for hydroxylation is 1. The van der Waals surface area contributed by atoms with Gasteiger partial charge in [-0.2, -0.15) is 0 Å². The van der Waals surface area contributed by atoms with Crippen LogP contribution in [0.1, 0.15) is 37.1 Å². The third-order valence-electron chi connectivity index (χ3n) is 5.25. The summed E-state index contributed by atoms with van der Waals surface area (Å²) in [7, 11) is 2.19. The summed E-state index contributed by atoms with van der Waals surface area (Å²) in [6.45, 7) is 6.41. The maximum atomic E-state index is 11.1. The largest absolute Gasteiger partial charge is 0.508 e. The fourth-order valence-electron chi connectivity index (χ4n) is 3.65. The van der Waals surface area contributed by atoms with Crippen molar-refractivity contribution in [3.8, 4) is 11.4 Å². The second-order valence-corrected chi connectivity index (χ2v) is 7.67. The van der Waals surface area contributed by atoms with Gasteiger partial charge in [-0.05, 0) is 62.8 Å². The molecule has 0 unspecified atom stereocenters. The molecule has 30 heavy (non-hydrogen) atoms. The topological polar surface area (TPSA) is 84.4 Å². The number of nitrogens with zero attached hydrogens (tertiary/aromatic N) is 3. The van der Waals surface area contributed by atoms with Crippen LogP contribution in [0.5, 0.6) is 5.75 Å². The highest BCUT2D eigenvalue weighted by Gasteiger charge is 2.14. The Morgan fingerprint density at radius 3 is 2.57 bits per heavy atom. The summed E-state index contributed by atoms with van der Waals surface area (Å²) in [5.74, 6) is 0.532. The lowest BCUT2D eigenvalue weighted by Gasteiger charge is -2.20. The number of hydrogen-bond donors (Lipinski definition) is 2. The first-order valence-electron chi connectivity index (χ1n) is 10.4. The zero-order chi connectivity index (χ0) is 21.5. The number of benzene rings is 2. The minimum absolute atomic E-state index is 0.174. The molecular formula is C24H30N4O2. The Morgan fingerprint density at radius 2 is 1.97 bits per heavy atom.